The normalized spacial score (nSPS) is 12.8. The zero-order valence-corrected chi connectivity index (χ0v) is 22.0. The lowest BCUT2D eigenvalue weighted by atomic mass is 9.32. The first-order chi connectivity index (χ1) is 19.9. The van der Waals surface area contributed by atoms with Crippen LogP contribution in [-0.2, 0) is 6.42 Å². The maximum absolute atomic E-state index is 2.57. The van der Waals surface area contributed by atoms with E-state index in [-0.39, 0.29) is 6.71 Å². The molecular weight excluding hydrogens is 483 g/mol. The highest BCUT2D eigenvalue weighted by molar-refractivity contribution is 6.98. The minimum atomic E-state index is 0.250. The van der Waals surface area contributed by atoms with E-state index in [1.165, 1.54) is 60.7 Å². The maximum Gasteiger partial charge on any atom is 0.247 e. The van der Waals surface area contributed by atoms with Gasteiger partial charge in [-0.1, -0.05) is 109 Å². The first-order valence-electron chi connectivity index (χ1n) is 14.0. The van der Waals surface area contributed by atoms with Gasteiger partial charge in [0, 0.05) is 33.4 Å². The summed E-state index contributed by atoms with van der Waals surface area (Å²) in [6.07, 6.45) is 0.981. The molecule has 2 aliphatic heterocycles. The first kappa shape index (κ1) is 21.9. The topological polar surface area (TPSA) is 8.17 Å². The quantitative estimate of drug-likeness (QED) is 0.234. The average molecular weight is 508 g/mol. The fraction of sp³-hybridized carbons (Fsp3) is 0.0270. The third kappa shape index (κ3) is 2.89. The molecule has 0 atom stereocenters. The van der Waals surface area contributed by atoms with Crippen LogP contribution in [0.2, 0.25) is 0 Å². The van der Waals surface area contributed by atoms with Crippen molar-refractivity contribution < 1.29 is 0 Å². The van der Waals surface area contributed by atoms with Gasteiger partial charge in [0.1, 0.15) is 0 Å². The van der Waals surface area contributed by atoms with E-state index in [1.807, 2.05) is 0 Å². The Morgan fingerprint density at radius 1 is 0.500 bits per heavy atom. The van der Waals surface area contributed by atoms with E-state index >= 15 is 0 Å². The van der Waals surface area contributed by atoms with Crippen LogP contribution in [0.5, 0.6) is 0 Å². The molecule has 0 amide bonds. The number of fused-ring (bicyclic) bond motifs is 8. The van der Waals surface area contributed by atoms with Crippen LogP contribution in [0.4, 0.5) is 17.1 Å². The molecule has 0 radical (unpaired) electrons. The molecule has 0 aliphatic carbocycles. The highest BCUT2D eigenvalue weighted by Gasteiger charge is 2.39. The van der Waals surface area contributed by atoms with Crippen molar-refractivity contribution >= 4 is 62.0 Å². The number of para-hydroxylation sites is 4. The predicted molar refractivity (Wildman–Crippen MR) is 169 cm³/mol. The molecule has 0 unspecified atom stereocenters. The van der Waals surface area contributed by atoms with E-state index in [0.717, 1.165) is 17.8 Å². The van der Waals surface area contributed by atoms with Crippen molar-refractivity contribution in [1.29, 1.82) is 0 Å². The van der Waals surface area contributed by atoms with Gasteiger partial charge in [-0.15, -0.1) is 0 Å². The Bertz CT molecular complexity index is 2050. The molecule has 9 rings (SSSR count). The van der Waals surface area contributed by atoms with Crippen LogP contribution in [0.15, 0.2) is 140 Å². The van der Waals surface area contributed by atoms with Crippen molar-refractivity contribution in [3.8, 4) is 5.69 Å². The molecule has 7 aromatic rings. The van der Waals surface area contributed by atoms with Crippen molar-refractivity contribution in [2.75, 3.05) is 4.90 Å². The molecule has 6 aromatic carbocycles. The second-order valence-corrected chi connectivity index (χ2v) is 10.9. The average Bonchev–Trinajstić information content (AvgIpc) is 3.37. The van der Waals surface area contributed by atoms with E-state index in [4.69, 9.17) is 0 Å². The number of nitrogens with zero attached hydrogens (tertiary/aromatic N) is 2. The van der Waals surface area contributed by atoms with E-state index < -0.39 is 0 Å². The van der Waals surface area contributed by atoms with Gasteiger partial charge in [0.2, 0.25) is 6.71 Å². The molecule has 40 heavy (non-hydrogen) atoms. The van der Waals surface area contributed by atoms with Gasteiger partial charge < -0.3 is 9.47 Å². The largest absolute Gasteiger partial charge is 0.308 e. The van der Waals surface area contributed by atoms with Crippen molar-refractivity contribution in [3.05, 3.63) is 151 Å². The van der Waals surface area contributed by atoms with Gasteiger partial charge in [-0.25, -0.2) is 0 Å². The molecule has 0 saturated heterocycles. The minimum absolute atomic E-state index is 0.250. The molecule has 0 spiro atoms. The van der Waals surface area contributed by atoms with Crippen LogP contribution in [0.25, 0.3) is 27.5 Å². The number of aromatic nitrogens is 1. The molecule has 0 N–H and O–H groups in total. The van der Waals surface area contributed by atoms with Crippen molar-refractivity contribution in [2.45, 2.75) is 6.42 Å². The molecule has 2 nitrogen and oxygen atoms in total. The number of hydrogen-bond acceptors (Lipinski definition) is 1. The lowest BCUT2D eigenvalue weighted by Crippen LogP contribution is -2.60. The summed E-state index contributed by atoms with van der Waals surface area (Å²) in [6, 6.07) is 51.1. The van der Waals surface area contributed by atoms with Gasteiger partial charge in [-0.2, -0.15) is 0 Å². The molecule has 2 aliphatic rings. The number of rotatable bonds is 3. The van der Waals surface area contributed by atoms with Gasteiger partial charge in [0.05, 0.1) is 11.2 Å². The fourth-order valence-electron chi connectivity index (χ4n) is 7.28. The molecule has 3 heteroatoms. The summed E-state index contributed by atoms with van der Waals surface area (Å²) in [5.41, 5.74) is 14.6. The van der Waals surface area contributed by atoms with Crippen molar-refractivity contribution in [1.82, 2.24) is 4.57 Å². The Kier molecular flexibility index (Phi) is 4.51. The monoisotopic (exact) mass is 508 g/mol. The van der Waals surface area contributed by atoms with E-state index in [0.29, 0.717) is 0 Å². The first-order valence-corrected chi connectivity index (χ1v) is 14.0. The van der Waals surface area contributed by atoms with Crippen molar-refractivity contribution in [3.63, 3.8) is 0 Å². The molecule has 0 bridgehead atoms. The Morgan fingerprint density at radius 2 is 1.15 bits per heavy atom. The van der Waals surface area contributed by atoms with E-state index in [9.17, 15) is 0 Å². The van der Waals surface area contributed by atoms with Crippen LogP contribution in [-0.4, -0.2) is 11.3 Å². The van der Waals surface area contributed by atoms with Crippen LogP contribution in [0.1, 0.15) is 11.1 Å². The van der Waals surface area contributed by atoms with Gasteiger partial charge in [-0.3, -0.25) is 0 Å². The third-order valence-electron chi connectivity index (χ3n) is 8.85. The summed E-state index contributed by atoms with van der Waals surface area (Å²) in [6.45, 7) is 0.250. The fourth-order valence-corrected chi connectivity index (χ4v) is 7.28. The van der Waals surface area contributed by atoms with Gasteiger partial charge >= 0.3 is 0 Å². The summed E-state index contributed by atoms with van der Waals surface area (Å²) < 4.78 is 2.57. The Labute approximate surface area is 233 Å². The Balaban J connectivity index is 1.44. The highest BCUT2D eigenvalue weighted by atomic mass is 15.2. The smallest absolute Gasteiger partial charge is 0.247 e. The standard InChI is InChI=1S/C37H25BN2/c1-3-13-27(14-4-1)39(28-15-5-2-6-16-28)34-21-11-17-29-30-23-22-26-24-25-12-7-8-18-31(25)38-32-19-9-10-20-33(32)40(36(29)34)37(30)35(26)38/h1-23H,24H2. The Hall–Kier alpha value is -5.02. The summed E-state index contributed by atoms with van der Waals surface area (Å²) in [5, 5.41) is 2.62. The van der Waals surface area contributed by atoms with Gasteiger partial charge in [0.25, 0.3) is 0 Å². The summed E-state index contributed by atoms with van der Waals surface area (Å²) in [4.78, 5) is 2.40. The minimum Gasteiger partial charge on any atom is -0.308 e. The van der Waals surface area contributed by atoms with Crippen LogP contribution in [0.3, 0.4) is 0 Å². The van der Waals surface area contributed by atoms with Crippen LogP contribution >= 0.6 is 0 Å². The number of hydrogen-bond donors (Lipinski definition) is 0. The summed E-state index contributed by atoms with van der Waals surface area (Å²) >= 11 is 0. The lowest BCUT2D eigenvalue weighted by molar-refractivity contribution is 1.15. The van der Waals surface area contributed by atoms with E-state index in [1.54, 1.807) is 0 Å². The summed E-state index contributed by atoms with van der Waals surface area (Å²) in [7, 11) is 0. The number of benzene rings is 6. The highest BCUT2D eigenvalue weighted by Crippen LogP contribution is 2.44. The molecule has 0 saturated carbocycles. The molecule has 3 heterocycles. The third-order valence-corrected chi connectivity index (χ3v) is 8.85. The molecular formula is C37H25BN2. The maximum atomic E-state index is 2.57. The van der Waals surface area contributed by atoms with E-state index in [2.05, 4.69) is 149 Å². The van der Waals surface area contributed by atoms with Gasteiger partial charge in [0.15, 0.2) is 0 Å². The summed E-state index contributed by atoms with van der Waals surface area (Å²) in [5.74, 6) is 0. The molecule has 186 valence electrons. The zero-order valence-electron chi connectivity index (χ0n) is 22.0. The van der Waals surface area contributed by atoms with Crippen LogP contribution < -0.4 is 21.3 Å². The number of anilines is 3. The second kappa shape index (κ2) is 8.24. The van der Waals surface area contributed by atoms with Gasteiger partial charge in [-0.05, 0) is 64.9 Å². The Morgan fingerprint density at radius 3 is 1.93 bits per heavy atom. The molecule has 0 fully saturated rings. The van der Waals surface area contributed by atoms with Crippen molar-refractivity contribution in [2.24, 2.45) is 0 Å². The predicted octanol–water partition coefficient (Wildman–Crippen LogP) is 6.99. The lowest BCUT2D eigenvalue weighted by Gasteiger charge is -2.34. The zero-order chi connectivity index (χ0) is 26.2. The SMILES string of the molecule is c1ccc(N(c2ccccc2)c2cccc3c4ccc5c6c4n(c23)-c2ccccc2B6c2ccccc2C5)cc1. The molecule has 1 aromatic heterocycles. The second-order valence-electron chi connectivity index (χ2n) is 10.9. The van der Waals surface area contributed by atoms with Crippen LogP contribution in [0, 0.1) is 0 Å².